The van der Waals surface area contributed by atoms with Crippen LogP contribution in [0, 0.1) is 0 Å². The molecule has 5 nitrogen and oxygen atoms in total. The van der Waals surface area contributed by atoms with Gasteiger partial charge in [0.15, 0.2) is 0 Å². The average Bonchev–Trinajstić information content (AvgIpc) is 3.13. The van der Waals surface area contributed by atoms with E-state index in [1.54, 1.807) is 0 Å². The van der Waals surface area contributed by atoms with Gasteiger partial charge in [0.2, 0.25) is 0 Å². The summed E-state index contributed by atoms with van der Waals surface area (Å²) in [7, 11) is 0. The highest BCUT2D eigenvalue weighted by Crippen LogP contribution is 2.21. The number of nitrogens with zero attached hydrogens (tertiary/aromatic N) is 5. The van der Waals surface area contributed by atoms with Gasteiger partial charge >= 0.3 is 0 Å². The Morgan fingerprint density at radius 2 is 2.30 bits per heavy atom. The van der Waals surface area contributed by atoms with Crippen LogP contribution in [0.1, 0.15) is 38.3 Å². The van der Waals surface area contributed by atoms with Gasteiger partial charge in [-0.2, -0.15) is 5.10 Å². The summed E-state index contributed by atoms with van der Waals surface area (Å²) in [6.45, 7) is 7.56. The molecule has 20 heavy (non-hydrogen) atoms. The maximum Gasteiger partial charge on any atom is 0.0946 e. The lowest BCUT2D eigenvalue weighted by Crippen LogP contribution is -2.32. The molecule has 2 aromatic heterocycles. The molecule has 1 aliphatic heterocycles. The number of hydrogen-bond acceptors (Lipinski definition) is 3. The first kappa shape index (κ1) is 13.4. The van der Waals surface area contributed by atoms with E-state index >= 15 is 0 Å². The summed E-state index contributed by atoms with van der Waals surface area (Å²) in [4.78, 5) is 6.70. The fourth-order valence-corrected chi connectivity index (χ4v) is 2.92. The van der Waals surface area contributed by atoms with E-state index in [4.69, 9.17) is 0 Å². The Bertz CT molecular complexity index is 528. The van der Waals surface area contributed by atoms with E-state index in [9.17, 15) is 0 Å². The molecule has 0 aliphatic carbocycles. The van der Waals surface area contributed by atoms with Crippen LogP contribution in [0.15, 0.2) is 31.1 Å². The number of aromatic nitrogens is 4. The summed E-state index contributed by atoms with van der Waals surface area (Å²) in [5.74, 6) is 0. The smallest absolute Gasteiger partial charge is 0.0946 e. The molecule has 1 aliphatic rings. The highest BCUT2D eigenvalue weighted by atomic mass is 15.3. The minimum atomic E-state index is 0.434. The van der Waals surface area contributed by atoms with Gasteiger partial charge in [0.05, 0.1) is 12.5 Å². The molecular weight excluding hydrogens is 250 g/mol. The molecule has 5 heteroatoms. The van der Waals surface area contributed by atoms with Crippen molar-refractivity contribution in [1.29, 1.82) is 0 Å². The predicted molar refractivity (Wildman–Crippen MR) is 78.3 cm³/mol. The molecule has 0 amide bonds. The summed E-state index contributed by atoms with van der Waals surface area (Å²) in [5, 5.41) is 4.43. The topological polar surface area (TPSA) is 38.9 Å². The van der Waals surface area contributed by atoms with Gasteiger partial charge in [0.1, 0.15) is 0 Å². The third kappa shape index (κ3) is 2.93. The van der Waals surface area contributed by atoms with Crippen LogP contribution in [0.2, 0.25) is 0 Å². The van der Waals surface area contributed by atoms with E-state index in [2.05, 4.69) is 39.6 Å². The van der Waals surface area contributed by atoms with Gasteiger partial charge in [-0.25, -0.2) is 4.98 Å². The number of hydrogen-bond donors (Lipinski definition) is 0. The minimum absolute atomic E-state index is 0.434. The Morgan fingerprint density at radius 3 is 3.00 bits per heavy atom. The second-order valence-corrected chi connectivity index (χ2v) is 5.95. The van der Waals surface area contributed by atoms with Crippen LogP contribution in [0.5, 0.6) is 0 Å². The van der Waals surface area contributed by atoms with Gasteiger partial charge in [-0.1, -0.05) is 0 Å². The first-order chi connectivity index (χ1) is 9.72. The van der Waals surface area contributed by atoms with Crippen LogP contribution < -0.4 is 0 Å². The number of imidazole rings is 1. The van der Waals surface area contributed by atoms with Crippen LogP contribution in [-0.4, -0.2) is 36.8 Å². The lowest BCUT2D eigenvalue weighted by Gasteiger charge is -2.24. The lowest BCUT2D eigenvalue weighted by molar-refractivity contribution is 0.224. The molecule has 0 spiro atoms. The van der Waals surface area contributed by atoms with Crippen molar-refractivity contribution in [2.45, 2.75) is 51.9 Å². The van der Waals surface area contributed by atoms with Crippen LogP contribution in [0.4, 0.5) is 0 Å². The maximum atomic E-state index is 4.43. The van der Waals surface area contributed by atoms with E-state index < -0.39 is 0 Å². The van der Waals surface area contributed by atoms with Crippen molar-refractivity contribution in [1.82, 2.24) is 24.2 Å². The first-order valence-corrected chi connectivity index (χ1v) is 7.45. The fourth-order valence-electron chi connectivity index (χ4n) is 2.92. The van der Waals surface area contributed by atoms with Crippen LogP contribution >= 0.6 is 0 Å². The molecule has 1 saturated heterocycles. The molecule has 3 heterocycles. The lowest BCUT2D eigenvalue weighted by atomic mass is 10.2. The van der Waals surface area contributed by atoms with Crippen molar-refractivity contribution in [3.8, 4) is 0 Å². The summed E-state index contributed by atoms with van der Waals surface area (Å²) >= 11 is 0. The molecule has 2 aromatic rings. The molecule has 0 aromatic carbocycles. The van der Waals surface area contributed by atoms with Gasteiger partial charge < -0.3 is 4.57 Å². The van der Waals surface area contributed by atoms with Crippen molar-refractivity contribution in [3.05, 3.63) is 36.7 Å². The normalized spacial score (nSPS) is 20.1. The van der Waals surface area contributed by atoms with Gasteiger partial charge in [-0.3, -0.25) is 9.58 Å². The number of rotatable bonds is 5. The third-order valence-corrected chi connectivity index (χ3v) is 4.05. The molecule has 0 unspecified atom stereocenters. The third-order valence-electron chi connectivity index (χ3n) is 4.05. The van der Waals surface area contributed by atoms with Gasteiger partial charge in [0, 0.05) is 49.3 Å². The molecule has 1 fully saturated rings. The van der Waals surface area contributed by atoms with Crippen molar-refractivity contribution in [3.63, 3.8) is 0 Å². The molecule has 0 radical (unpaired) electrons. The monoisotopic (exact) mass is 273 g/mol. The number of likely N-dealkylation sites (tertiary alicyclic amines) is 1. The summed E-state index contributed by atoms with van der Waals surface area (Å²) in [6.07, 6.45) is 12.6. The van der Waals surface area contributed by atoms with Crippen LogP contribution in [0.3, 0.4) is 0 Å². The van der Waals surface area contributed by atoms with Gasteiger partial charge in [-0.15, -0.1) is 0 Å². The summed E-state index contributed by atoms with van der Waals surface area (Å²) in [6, 6.07) is 1.05. The van der Waals surface area contributed by atoms with E-state index in [1.807, 2.05) is 29.6 Å². The van der Waals surface area contributed by atoms with E-state index in [-0.39, 0.29) is 0 Å². The molecule has 0 N–H and O–H groups in total. The van der Waals surface area contributed by atoms with E-state index in [0.717, 1.165) is 13.1 Å². The van der Waals surface area contributed by atoms with Crippen molar-refractivity contribution >= 4 is 0 Å². The zero-order valence-corrected chi connectivity index (χ0v) is 12.3. The maximum absolute atomic E-state index is 4.43. The summed E-state index contributed by atoms with van der Waals surface area (Å²) in [5.41, 5.74) is 1.32. The predicted octanol–water partition coefficient (Wildman–Crippen LogP) is 2.33. The van der Waals surface area contributed by atoms with E-state index in [0.29, 0.717) is 12.1 Å². The standard InChI is InChI=1S/C15H23N5/c1-13(2)20-10-14(8-17-20)9-19-6-3-4-15(19)11-18-7-5-16-12-18/h5,7-8,10,12-13,15H,3-4,6,9,11H2,1-2H3/t15-/m0/s1. The Labute approximate surface area is 120 Å². The Morgan fingerprint density at radius 1 is 1.40 bits per heavy atom. The Balaban J connectivity index is 1.63. The van der Waals surface area contributed by atoms with Crippen LogP contribution in [0.25, 0.3) is 0 Å². The highest BCUT2D eigenvalue weighted by molar-refractivity contribution is 5.05. The quantitative estimate of drug-likeness (QED) is 0.839. The Kier molecular flexibility index (Phi) is 3.87. The van der Waals surface area contributed by atoms with Crippen molar-refractivity contribution in [2.24, 2.45) is 0 Å². The summed E-state index contributed by atoms with van der Waals surface area (Å²) < 4.78 is 4.22. The van der Waals surface area contributed by atoms with Gasteiger partial charge in [0.25, 0.3) is 0 Å². The SMILES string of the molecule is CC(C)n1cc(CN2CCC[C@H]2Cn2ccnc2)cn1. The van der Waals surface area contributed by atoms with Crippen LogP contribution in [-0.2, 0) is 13.1 Å². The van der Waals surface area contributed by atoms with Gasteiger partial charge in [-0.05, 0) is 33.2 Å². The van der Waals surface area contributed by atoms with Crippen molar-refractivity contribution in [2.75, 3.05) is 6.54 Å². The zero-order chi connectivity index (χ0) is 13.9. The largest absolute Gasteiger partial charge is 0.336 e. The second-order valence-electron chi connectivity index (χ2n) is 5.95. The molecule has 3 rings (SSSR count). The molecule has 1 atom stereocenters. The minimum Gasteiger partial charge on any atom is -0.336 e. The molecule has 0 bridgehead atoms. The average molecular weight is 273 g/mol. The van der Waals surface area contributed by atoms with Crippen molar-refractivity contribution < 1.29 is 0 Å². The Hall–Kier alpha value is -1.62. The zero-order valence-electron chi connectivity index (χ0n) is 12.3. The van der Waals surface area contributed by atoms with E-state index in [1.165, 1.54) is 24.9 Å². The first-order valence-electron chi connectivity index (χ1n) is 7.45. The molecule has 0 saturated carbocycles. The fraction of sp³-hybridized carbons (Fsp3) is 0.600. The molecule has 108 valence electrons. The highest BCUT2D eigenvalue weighted by Gasteiger charge is 2.25. The molecular formula is C15H23N5. The second kappa shape index (κ2) is 5.79.